The number of ether oxygens (including phenoxy) is 2. The van der Waals surface area contributed by atoms with Crippen LogP contribution in [0.25, 0.3) is 0 Å². The minimum absolute atomic E-state index is 0.0552. The largest absolute Gasteiger partial charge is 0.373 e. The van der Waals surface area contributed by atoms with Crippen LogP contribution in [0.3, 0.4) is 0 Å². The number of aromatic nitrogens is 1. The van der Waals surface area contributed by atoms with Gasteiger partial charge in [-0.3, -0.25) is 9.78 Å². The number of nitrogens with zero attached hydrogens (tertiary/aromatic N) is 3. The third kappa shape index (κ3) is 3.77. The molecule has 3 heterocycles. The second kappa shape index (κ2) is 7.70. The summed E-state index contributed by atoms with van der Waals surface area (Å²) in [6, 6.07) is 10.9. The van der Waals surface area contributed by atoms with Crippen LogP contribution in [0.1, 0.15) is 39.9 Å². The Morgan fingerprint density at radius 1 is 1.43 bits per heavy atom. The molecule has 6 heteroatoms. The molecular formula is C22H23N3O3. The average Bonchev–Trinajstić information content (AvgIpc) is 2.71. The molecule has 1 spiro atoms. The quantitative estimate of drug-likeness (QED) is 0.819. The summed E-state index contributed by atoms with van der Waals surface area (Å²) in [5, 5.41) is 9.02. The van der Waals surface area contributed by atoms with Gasteiger partial charge in [0.25, 0.3) is 5.91 Å². The van der Waals surface area contributed by atoms with Crippen LogP contribution in [-0.2, 0) is 16.1 Å². The van der Waals surface area contributed by atoms with Crippen molar-refractivity contribution in [2.45, 2.75) is 38.1 Å². The van der Waals surface area contributed by atoms with E-state index in [4.69, 9.17) is 14.7 Å². The summed E-state index contributed by atoms with van der Waals surface area (Å²) in [5.74, 6) is -0.0552. The van der Waals surface area contributed by atoms with Crippen molar-refractivity contribution in [3.05, 3.63) is 65.0 Å². The van der Waals surface area contributed by atoms with Crippen molar-refractivity contribution in [2.24, 2.45) is 0 Å². The van der Waals surface area contributed by atoms with Crippen LogP contribution in [0, 0.1) is 18.3 Å². The lowest BCUT2D eigenvalue weighted by atomic mass is 9.84. The molecule has 0 radical (unpaired) electrons. The molecule has 0 N–H and O–H groups in total. The fourth-order valence-corrected chi connectivity index (χ4v) is 3.90. The van der Waals surface area contributed by atoms with Gasteiger partial charge in [-0.25, -0.2) is 0 Å². The molecule has 1 aromatic heterocycles. The van der Waals surface area contributed by atoms with Crippen molar-refractivity contribution in [1.82, 2.24) is 9.88 Å². The summed E-state index contributed by atoms with van der Waals surface area (Å²) in [5.41, 5.74) is 3.01. The fraction of sp³-hybridized carbons (Fsp3) is 0.409. The number of likely N-dealkylation sites (tertiary alicyclic amines) is 1. The maximum Gasteiger partial charge on any atom is 0.254 e. The Morgan fingerprint density at radius 2 is 2.29 bits per heavy atom. The Labute approximate surface area is 164 Å². The molecule has 1 aromatic carbocycles. The van der Waals surface area contributed by atoms with Crippen LogP contribution in [0.15, 0.2) is 42.7 Å². The van der Waals surface area contributed by atoms with Gasteiger partial charge in [0.15, 0.2) is 0 Å². The van der Waals surface area contributed by atoms with E-state index >= 15 is 0 Å². The van der Waals surface area contributed by atoms with Crippen LogP contribution in [-0.4, -0.2) is 47.2 Å². The first-order chi connectivity index (χ1) is 13.6. The van der Waals surface area contributed by atoms with Crippen LogP contribution < -0.4 is 0 Å². The molecule has 0 bridgehead atoms. The van der Waals surface area contributed by atoms with Gasteiger partial charge in [-0.1, -0.05) is 6.07 Å². The lowest BCUT2D eigenvalue weighted by molar-refractivity contribution is -0.188. The number of hydrogen-bond acceptors (Lipinski definition) is 5. The predicted molar refractivity (Wildman–Crippen MR) is 103 cm³/mol. The van der Waals surface area contributed by atoms with Crippen molar-refractivity contribution in [2.75, 3.05) is 19.7 Å². The zero-order valence-corrected chi connectivity index (χ0v) is 15.9. The Bertz CT molecular complexity index is 915. The molecule has 144 valence electrons. The molecule has 0 saturated carbocycles. The Morgan fingerprint density at radius 3 is 3.07 bits per heavy atom. The fourth-order valence-electron chi connectivity index (χ4n) is 3.90. The van der Waals surface area contributed by atoms with E-state index in [9.17, 15) is 4.79 Å². The molecule has 2 aliphatic rings. The van der Waals surface area contributed by atoms with Crippen molar-refractivity contribution in [1.29, 1.82) is 5.26 Å². The number of carbonyl (C=O) groups is 1. The molecule has 6 nitrogen and oxygen atoms in total. The van der Waals surface area contributed by atoms with Crippen molar-refractivity contribution in [3.8, 4) is 6.07 Å². The summed E-state index contributed by atoms with van der Waals surface area (Å²) in [7, 11) is 0. The monoisotopic (exact) mass is 377 g/mol. The molecule has 2 aliphatic heterocycles. The highest BCUT2D eigenvalue weighted by Crippen LogP contribution is 2.36. The Balaban J connectivity index is 1.33. The van der Waals surface area contributed by atoms with Gasteiger partial charge in [-0.2, -0.15) is 5.26 Å². The van der Waals surface area contributed by atoms with Crippen LogP contribution in [0.4, 0.5) is 0 Å². The first-order valence-corrected chi connectivity index (χ1v) is 9.53. The SMILES string of the molecule is Cc1ccncc1CO[C@@H]1CCOC2(C1)CN(C(=O)c1cccc(C#N)c1)C2. The van der Waals surface area contributed by atoms with Gasteiger partial charge in [0.05, 0.1) is 37.4 Å². The van der Waals surface area contributed by atoms with Crippen molar-refractivity contribution >= 4 is 5.91 Å². The summed E-state index contributed by atoms with van der Waals surface area (Å²) in [6.07, 6.45) is 5.40. The van der Waals surface area contributed by atoms with E-state index in [2.05, 4.69) is 18.0 Å². The lowest BCUT2D eigenvalue weighted by Gasteiger charge is -2.53. The van der Waals surface area contributed by atoms with E-state index in [0.717, 1.165) is 18.4 Å². The zero-order valence-electron chi connectivity index (χ0n) is 15.9. The number of benzene rings is 1. The smallest absolute Gasteiger partial charge is 0.254 e. The summed E-state index contributed by atoms with van der Waals surface area (Å²) in [6.45, 7) is 4.37. The lowest BCUT2D eigenvalue weighted by Crippen LogP contribution is -2.67. The molecule has 2 fully saturated rings. The van der Waals surface area contributed by atoms with Gasteiger partial charge in [-0.15, -0.1) is 0 Å². The van der Waals surface area contributed by atoms with Gasteiger partial charge >= 0.3 is 0 Å². The van der Waals surface area contributed by atoms with Crippen molar-refractivity contribution < 1.29 is 14.3 Å². The first-order valence-electron chi connectivity index (χ1n) is 9.53. The second-order valence-corrected chi connectivity index (χ2v) is 7.61. The van der Waals surface area contributed by atoms with E-state index in [1.165, 1.54) is 5.56 Å². The van der Waals surface area contributed by atoms with E-state index in [1.807, 2.05) is 12.3 Å². The standard InChI is InChI=1S/C22H23N3O3/c1-16-5-7-24-12-19(16)13-27-20-6-8-28-22(10-20)14-25(15-22)21(26)18-4-2-3-17(9-18)11-23/h2-5,7,9,12,20H,6,8,10,13-15H2,1H3/t20-/m1/s1. The second-order valence-electron chi connectivity index (χ2n) is 7.61. The number of aryl methyl sites for hydroxylation is 1. The summed E-state index contributed by atoms with van der Waals surface area (Å²) in [4.78, 5) is 18.6. The number of pyridine rings is 1. The van der Waals surface area contributed by atoms with Crippen LogP contribution in [0.5, 0.6) is 0 Å². The molecule has 1 amide bonds. The van der Waals surface area contributed by atoms with E-state index in [1.54, 1.807) is 35.4 Å². The predicted octanol–water partition coefficient (Wildman–Crippen LogP) is 2.85. The summed E-state index contributed by atoms with van der Waals surface area (Å²) >= 11 is 0. The maximum absolute atomic E-state index is 12.7. The molecule has 0 aliphatic carbocycles. The molecule has 2 saturated heterocycles. The van der Waals surface area contributed by atoms with Gasteiger partial charge < -0.3 is 14.4 Å². The molecule has 4 rings (SSSR count). The topological polar surface area (TPSA) is 75.5 Å². The highest BCUT2D eigenvalue weighted by atomic mass is 16.5. The molecular weight excluding hydrogens is 354 g/mol. The summed E-state index contributed by atoms with van der Waals surface area (Å²) < 4.78 is 12.2. The van der Waals surface area contributed by atoms with Gasteiger partial charge in [0, 0.05) is 31.0 Å². The molecule has 1 atom stereocenters. The maximum atomic E-state index is 12.7. The minimum atomic E-state index is -0.310. The zero-order chi connectivity index (χ0) is 19.6. The molecule has 2 aromatic rings. The Hall–Kier alpha value is -2.75. The van der Waals surface area contributed by atoms with Crippen LogP contribution >= 0.6 is 0 Å². The third-order valence-corrected chi connectivity index (χ3v) is 5.55. The van der Waals surface area contributed by atoms with Crippen LogP contribution in [0.2, 0.25) is 0 Å². The highest BCUT2D eigenvalue weighted by Gasteiger charge is 2.49. The third-order valence-electron chi connectivity index (χ3n) is 5.55. The number of rotatable bonds is 4. The minimum Gasteiger partial charge on any atom is -0.373 e. The van der Waals surface area contributed by atoms with E-state index < -0.39 is 0 Å². The van der Waals surface area contributed by atoms with Gasteiger partial charge in [0.1, 0.15) is 5.60 Å². The molecule has 0 unspecified atom stereocenters. The first kappa shape index (κ1) is 18.6. The Kier molecular flexibility index (Phi) is 5.12. The van der Waals surface area contributed by atoms with Crippen molar-refractivity contribution in [3.63, 3.8) is 0 Å². The molecule has 28 heavy (non-hydrogen) atoms. The highest BCUT2D eigenvalue weighted by molar-refractivity contribution is 5.95. The number of hydrogen-bond donors (Lipinski definition) is 0. The van der Waals surface area contributed by atoms with E-state index in [-0.39, 0.29) is 17.6 Å². The van der Waals surface area contributed by atoms with Gasteiger partial charge in [-0.05, 0) is 48.7 Å². The number of amides is 1. The normalized spacial score (nSPS) is 20.4. The van der Waals surface area contributed by atoms with Gasteiger partial charge in [0.2, 0.25) is 0 Å². The number of nitriles is 1. The van der Waals surface area contributed by atoms with E-state index in [0.29, 0.717) is 37.4 Å². The average molecular weight is 377 g/mol. The number of carbonyl (C=O) groups excluding carboxylic acids is 1.